The first-order chi connectivity index (χ1) is 13.0. The van der Waals surface area contributed by atoms with Crippen LogP contribution < -0.4 is 5.32 Å². The average Bonchev–Trinajstić information content (AvgIpc) is 3.35. The van der Waals surface area contributed by atoms with Crippen LogP contribution in [0.25, 0.3) is 0 Å². The van der Waals surface area contributed by atoms with Gasteiger partial charge in [-0.1, -0.05) is 19.1 Å². The van der Waals surface area contributed by atoms with Gasteiger partial charge in [0.2, 0.25) is 5.76 Å². The van der Waals surface area contributed by atoms with Gasteiger partial charge in [0.15, 0.2) is 6.10 Å². The first kappa shape index (κ1) is 18.4. The van der Waals surface area contributed by atoms with Crippen molar-refractivity contribution in [2.45, 2.75) is 32.9 Å². The minimum Gasteiger partial charge on any atom is -0.452 e. The van der Waals surface area contributed by atoms with Crippen molar-refractivity contribution < 1.29 is 18.7 Å². The van der Waals surface area contributed by atoms with Crippen LogP contribution in [-0.4, -0.2) is 27.8 Å². The molecule has 0 fully saturated rings. The smallest absolute Gasteiger partial charge is 0.375 e. The molecule has 2 heterocycles. The standard InChI is InChI=1S/C20H21N3O4/c1-3-15-5-7-16(8-6-15)22-19(24)14(2)26-20(25)18-10-9-17(27-18)13-23-12-4-11-21-23/h4-12,14H,3,13H2,1-2H3,(H,22,24). The zero-order valence-corrected chi connectivity index (χ0v) is 15.2. The van der Waals surface area contributed by atoms with Crippen LogP contribution in [-0.2, 0) is 22.5 Å². The number of benzene rings is 1. The predicted molar refractivity (Wildman–Crippen MR) is 99.4 cm³/mol. The molecule has 2 aromatic heterocycles. The summed E-state index contributed by atoms with van der Waals surface area (Å²) in [4.78, 5) is 24.4. The molecular weight excluding hydrogens is 346 g/mol. The van der Waals surface area contributed by atoms with E-state index in [1.807, 2.05) is 24.3 Å². The molecule has 140 valence electrons. The fourth-order valence-corrected chi connectivity index (χ4v) is 2.47. The van der Waals surface area contributed by atoms with Crippen molar-refractivity contribution in [3.8, 4) is 0 Å². The SMILES string of the molecule is CCc1ccc(NC(=O)C(C)OC(=O)c2ccc(Cn3cccn3)o2)cc1. The molecule has 0 bridgehead atoms. The van der Waals surface area contributed by atoms with E-state index in [1.165, 1.54) is 18.6 Å². The normalized spacial score (nSPS) is 11.8. The summed E-state index contributed by atoms with van der Waals surface area (Å²) >= 11 is 0. The van der Waals surface area contributed by atoms with Gasteiger partial charge in [0.05, 0.1) is 6.54 Å². The molecule has 1 unspecified atom stereocenters. The van der Waals surface area contributed by atoms with Crippen LogP contribution in [0.5, 0.6) is 0 Å². The van der Waals surface area contributed by atoms with Gasteiger partial charge in [-0.15, -0.1) is 0 Å². The number of esters is 1. The number of hydrogen-bond acceptors (Lipinski definition) is 5. The number of ether oxygens (including phenoxy) is 1. The topological polar surface area (TPSA) is 86.4 Å². The van der Waals surface area contributed by atoms with E-state index in [4.69, 9.17) is 9.15 Å². The van der Waals surface area contributed by atoms with E-state index >= 15 is 0 Å². The first-order valence-corrected chi connectivity index (χ1v) is 8.72. The summed E-state index contributed by atoms with van der Waals surface area (Å²) in [6, 6.07) is 12.5. The van der Waals surface area contributed by atoms with Crippen molar-refractivity contribution in [1.29, 1.82) is 0 Å². The van der Waals surface area contributed by atoms with Crippen LogP contribution in [0, 0.1) is 0 Å². The Morgan fingerprint density at radius 1 is 1.22 bits per heavy atom. The van der Waals surface area contributed by atoms with Crippen molar-refractivity contribution in [3.63, 3.8) is 0 Å². The minimum atomic E-state index is -0.956. The zero-order valence-electron chi connectivity index (χ0n) is 15.2. The molecule has 0 saturated heterocycles. The Kier molecular flexibility index (Phi) is 5.71. The third kappa shape index (κ3) is 4.84. The van der Waals surface area contributed by atoms with Gasteiger partial charge in [-0.2, -0.15) is 5.10 Å². The lowest BCUT2D eigenvalue weighted by Crippen LogP contribution is -2.29. The number of hydrogen-bond donors (Lipinski definition) is 1. The van der Waals surface area contributed by atoms with Gasteiger partial charge in [-0.3, -0.25) is 9.48 Å². The second kappa shape index (κ2) is 8.35. The number of nitrogens with zero attached hydrogens (tertiary/aromatic N) is 2. The summed E-state index contributed by atoms with van der Waals surface area (Å²) in [5.41, 5.74) is 1.83. The molecule has 7 heteroatoms. The highest BCUT2D eigenvalue weighted by molar-refractivity contribution is 5.96. The fourth-order valence-electron chi connectivity index (χ4n) is 2.47. The Labute approximate surface area is 156 Å². The summed E-state index contributed by atoms with van der Waals surface area (Å²) in [5.74, 6) is -0.482. The predicted octanol–water partition coefficient (Wildman–Crippen LogP) is 3.27. The van der Waals surface area contributed by atoms with Crippen molar-refractivity contribution in [1.82, 2.24) is 9.78 Å². The quantitative estimate of drug-likeness (QED) is 0.648. The van der Waals surface area contributed by atoms with Gasteiger partial charge in [0.1, 0.15) is 5.76 Å². The molecule has 0 spiro atoms. The summed E-state index contributed by atoms with van der Waals surface area (Å²) in [6.45, 7) is 3.98. The van der Waals surface area contributed by atoms with Crippen LogP contribution in [0.2, 0.25) is 0 Å². The number of amides is 1. The molecule has 1 atom stereocenters. The van der Waals surface area contributed by atoms with Crippen molar-refractivity contribution in [2.24, 2.45) is 0 Å². The first-order valence-electron chi connectivity index (χ1n) is 8.72. The molecule has 0 saturated carbocycles. The maximum absolute atomic E-state index is 12.2. The number of carbonyl (C=O) groups excluding carboxylic acids is 2. The molecule has 3 rings (SSSR count). The van der Waals surface area contributed by atoms with E-state index < -0.39 is 18.0 Å². The lowest BCUT2D eigenvalue weighted by molar-refractivity contribution is -0.123. The fraction of sp³-hybridized carbons (Fsp3) is 0.250. The highest BCUT2D eigenvalue weighted by atomic mass is 16.6. The molecule has 0 aliphatic rings. The van der Waals surface area contributed by atoms with Crippen molar-refractivity contribution in [3.05, 3.63) is 71.9 Å². The summed E-state index contributed by atoms with van der Waals surface area (Å²) < 4.78 is 12.3. The van der Waals surface area contributed by atoms with Crippen LogP contribution in [0.1, 0.15) is 35.7 Å². The van der Waals surface area contributed by atoms with Crippen LogP contribution in [0.3, 0.4) is 0 Å². The minimum absolute atomic E-state index is 0.0455. The Morgan fingerprint density at radius 2 is 2.00 bits per heavy atom. The Hall–Kier alpha value is -3.35. The average molecular weight is 367 g/mol. The molecule has 1 aromatic carbocycles. The molecule has 0 aliphatic heterocycles. The summed E-state index contributed by atoms with van der Waals surface area (Å²) in [7, 11) is 0. The third-order valence-electron chi connectivity index (χ3n) is 4.02. The van der Waals surface area contributed by atoms with E-state index in [1.54, 1.807) is 29.2 Å². The van der Waals surface area contributed by atoms with Gasteiger partial charge in [-0.05, 0) is 49.2 Å². The number of carbonyl (C=O) groups is 2. The lowest BCUT2D eigenvalue weighted by atomic mass is 10.1. The third-order valence-corrected chi connectivity index (χ3v) is 4.02. The van der Waals surface area contributed by atoms with Crippen molar-refractivity contribution in [2.75, 3.05) is 5.32 Å². The molecule has 0 aliphatic carbocycles. The summed E-state index contributed by atoms with van der Waals surface area (Å²) in [5, 5.41) is 6.80. The molecule has 7 nitrogen and oxygen atoms in total. The highest BCUT2D eigenvalue weighted by Gasteiger charge is 2.21. The van der Waals surface area contributed by atoms with Crippen LogP contribution >= 0.6 is 0 Å². The molecule has 1 amide bonds. The van der Waals surface area contributed by atoms with Gasteiger partial charge in [0.25, 0.3) is 5.91 Å². The number of aromatic nitrogens is 2. The number of nitrogens with one attached hydrogen (secondary N) is 1. The molecule has 1 N–H and O–H groups in total. The van der Waals surface area contributed by atoms with Crippen molar-refractivity contribution >= 4 is 17.6 Å². The molecule has 3 aromatic rings. The number of anilines is 1. The summed E-state index contributed by atoms with van der Waals surface area (Å²) in [6.07, 6.45) is 3.42. The van der Waals surface area contributed by atoms with E-state index in [9.17, 15) is 9.59 Å². The molecular formula is C20H21N3O4. The Morgan fingerprint density at radius 3 is 2.67 bits per heavy atom. The number of rotatable bonds is 7. The largest absolute Gasteiger partial charge is 0.452 e. The van der Waals surface area contributed by atoms with Gasteiger partial charge < -0.3 is 14.5 Å². The maximum Gasteiger partial charge on any atom is 0.375 e. The molecule has 27 heavy (non-hydrogen) atoms. The Balaban J connectivity index is 1.54. The van der Waals surface area contributed by atoms with E-state index in [0.717, 1.165) is 6.42 Å². The lowest BCUT2D eigenvalue weighted by Gasteiger charge is -2.13. The monoisotopic (exact) mass is 367 g/mol. The number of furan rings is 1. The molecule has 0 radical (unpaired) electrons. The van der Waals surface area contributed by atoms with Crippen LogP contribution in [0.4, 0.5) is 5.69 Å². The second-order valence-electron chi connectivity index (χ2n) is 6.06. The highest BCUT2D eigenvalue weighted by Crippen LogP contribution is 2.14. The van der Waals surface area contributed by atoms with E-state index in [2.05, 4.69) is 17.3 Å². The number of aryl methyl sites for hydroxylation is 1. The second-order valence-corrected chi connectivity index (χ2v) is 6.06. The van der Waals surface area contributed by atoms with E-state index in [0.29, 0.717) is 18.0 Å². The maximum atomic E-state index is 12.2. The van der Waals surface area contributed by atoms with Gasteiger partial charge in [-0.25, -0.2) is 4.79 Å². The Bertz CT molecular complexity index is 898. The van der Waals surface area contributed by atoms with Gasteiger partial charge >= 0.3 is 5.97 Å². The zero-order chi connectivity index (χ0) is 19.2. The van der Waals surface area contributed by atoms with Crippen LogP contribution in [0.15, 0.2) is 59.3 Å². The van der Waals surface area contributed by atoms with Gasteiger partial charge in [0, 0.05) is 18.1 Å². The van der Waals surface area contributed by atoms with E-state index in [-0.39, 0.29) is 5.76 Å².